The molecular weight excluding hydrogens is 447 g/mol. The van der Waals surface area contributed by atoms with Crippen LogP contribution >= 0.6 is 18.9 Å². The summed E-state index contributed by atoms with van der Waals surface area (Å²) in [5.74, 6) is -0.185. The van der Waals surface area contributed by atoms with Crippen LogP contribution in [0.15, 0.2) is 54.6 Å². The Kier molecular flexibility index (Phi) is 8.07. The van der Waals surface area contributed by atoms with Gasteiger partial charge < -0.3 is 14.6 Å². The number of thiophene rings is 1. The van der Waals surface area contributed by atoms with Crippen molar-refractivity contribution >= 4 is 40.8 Å². The van der Waals surface area contributed by atoms with Crippen LogP contribution in [0.1, 0.15) is 35.5 Å². The molecule has 1 heterocycles. The van der Waals surface area contributed by atoms with E-state index in [1.807, 2.05) is 37.3 Å². The van der Waals surface area contributed by atoms with Gasteiger partial charge in [-0.3, -0.25) is 14.2 Å². The largest absolute Gasteiger partial charge is 0.465 e. The number of para-hydroxylation sites is 1. The van der Waals surface area contributed by atoms with Crippen LogP contribution in [0.4, 0.5) is 0 Å². The van der Waals surface area contributed by atoms with Crippen molar-refractivity contribution < 1.29 is 23.4 Å². The maximum absolute atomic E-state index is 13.8. The van der Waals surface area contributed by atoms with E-state index in [1.54, 1.807) is 38.2 Å². The number of ether oxygens (including phenoxy) is 1. The average Bonchev–Trinajstić information content (AvgIpc) is 3.20. The van der Waals surface area contributed by atoms with Crippen LogP contribution in [-0.2, 0) is 20.3 Å². The van der Waals surface area contributed by atoms with Crippen molar-refractivity contribution in [1.29, 1.82) is 0 Å². The Morgan fingerprint density at radius 1 is 1.12 bits per heavy atom. The highest BCUT2D eigenvalue weighted by Crippen LogP contribution is 2.47. The number of nitrogens with one attached hydrogen (secondary N) is 2. The molecule has 0 spiro atoms. The van der Waals surface area contributed by atoms with Crippen LogP contribution < -0.4 is 14.9 Å². The van der Waals surface area contributed by atoms with Gasteiger partial charge in [-0.2, -0.15) is 0 Å². The lowest BCUT2D eigenvalue weighted by Crippen LogP contribution is -2.35. The van der Waals surface area contributed by atoms with Gasteiger partial charge in [-0.05, 0) is 54.6 Å². The Hall–Kier alpha value is -2.67. The minimum atomic E-state index is -3.53. The maximum Gasteiger partial charge on any atom is 0.323 e. The third kappa shape index (κ3) is 6.19. The van der Waals surface area contributed by atoms with E-state index in [0.29, 0.717) is 23.7 Å². The zero-order valence-electron chi connectivity index (χ0n) is 18.3. The van der Waals surface area contributed by atoms with Gasteiger partial charge in [0.1, 0.15) is 11.8 Å². The van der Waals surface area contributed by atoms with Crippen LogP contribution in [0.25, 0.3) is 10.1 Å². The van der Waals surface area contributed by atoms with Gasteiger partial charge in [0.25, 0.3) is 5.91 Å². The highest BCUT2D eigenvalue weighted by atomic mass is 32.1. The lowest BCUT2D eigenvalue weighted by Gasteiger charge is -2.24. The molecule has 0 saturated carbocycles. The number of benzene rings is 2. The molecule has 1 aromatic heterocycles. The molecule has 2 unspecified atom stereocenters. The zero-order chi connectivity index (χ0) is 23.1. The summed E-state index contributed by atoms with van der Waals surface area (Å²) in [5.41, 5.74) is 0.764. The molecule has 7 nitrogen and oxygen atoms in total. The number of carbonyl (C=O) groups is 2. The molecule has 32 heavy (non-hydrogen) atoms. The fraction of sp³-hybridized carbons (Fsp3) is 0.304. The van der Waals surface area contributed by atoms with Crippen molar-refractivity contribution in [2.75, 3.05) is 13.7 Å². The first-order chi connectivity index (χ1) is 15.3. The summed E-state index contributed by atoms with van der Waals surface area (Å²) in [6, 6.07) is 15.5. The first-order valence-electron chi connectivity index (χ1n) is 10.4. The number of hydrogen-bond acceptors (Lipinski definition) is 6. The predicted octanol–water partition coefficient (Wildman–Crippen LogP) is 4.96. The zero-order valence-corrected chi connectivity index (χ0v) is 20.0. The molecular formula is C23H27N2O5PS. The van der Waals surface area contributed by atoms with E-state index < -0.39 is 19.5 Å². The molecule has 0 aliphatic rings. The van der Waals surface area contributed by atoms with Crippen molar-refractivity contribution in [3.05, 3.63) is 65.0 Å². The van der Waals surface area contributed by atoms with E-state index >= 15 is 0 Å². The van der Waals surface area contributed by atoms with Gasteiger partial charge in [-0.1, -0.05) is 31.2 Å². The Labute approximate surface area is 191 Å². The van der Waals surface area contributed by atoms with Gasteiger partial charge in [0.2, 0.25) is 0 Å². The molecule has 9 heteroatoms. The SMILES string of the molecule is CCCOC(=O)C(C)NP(=O)(Cc1ccc2sc(C(=O)NC)cc2c1)Oc1ccccc1. The summed E-state index contributed by atoms with van der Waals surface area (Å²) in [6.45, 7) is 3.82. The Morgan fingerprint density at radius 2 is 1.88 bits per heavy atom. The minimum absolute atomic E-state index is 0.0639. The van der Waals surface area contributed by atoms with Gasteiger partial charge >= 0.3 is 13.5 Å². The van der Waals surface area contributed by atoms with E-state index in [0.717, 1.165) is 15.6 Å². The smallest absolute Gasteiger partial charge is 0.323 e. The lowest BCUT2D eigenvalue weighted by molar-refractivity contribution is -0.145. The molecule has 170 valence electrons. The average molecular weight is 475 g/mol. The highest BCUT2D eigenvalue weighted by Gasteiger charge is 2.31. The number of esters is 1. The predicted molar refractivity (Wildman–Crippen MR) is 127 cm³/mol. The Balaban J connectivity index is 1.86. The first kappa shape index (κ1) is 24.0. The van der Waals surface area contributed by atoms with Gasteiger partial charge in [0.05, 0.1) is 17.6 Å². The van der Waals surface area contributed by atoms with Crippen LogP contribution in [-0.4, -0.2) is 31.6 Å². The number of rotatable bonds is 10. The summed E-state index contributed by atoms with van der Waals surface area (Å²) < 4.78 is 25.8. The third-order valence-electron chi connectivity index (χ3n) is 4.61. The second kappa shape index (κ2) is 10.8. The van der Waals surface area contributed by atoms with E-state index in [9.17, 15) is 14.2 Å². The summed E-state index contributed by atoms with van der Waals surface area (Å²) in [5, 5.41) is 6.38. The van der Waals surface area contributed by atoms with Crippen molar-refractivity contribution in [3.63, 3.8) is 0 Å². The lowest BCUT2D eigenvalue weighted by atomic mass is 10.2. The molecule has 2 atom stereocenters. The third-order valence-corrected chi connectivity index (χ3v) is 7.79. The summed E-state index contributed by atoms with van der Waals surface area (Å²) in [4.78, 5) is 24.8. The normalized spacial score (nSPS) is 13.8. The summed E-state index contributed by atoms with van der Waals surface area (Å²) in [7, 11) is -1.94. The van der Waals surface area contributed by atoms with Crippen LogP contribution in [0.5, 0.6) is 5.75 Å². The number of hydrogen-bond donors (Lipinski definition) is 2. The van der Waals surface area contributed by atoms with Gasteiger partial charge in [0, 0.05) is 11.7 Å². The summed E-state index contributed by atoms with van der Waals surface area (Å²) >= 11 is 1.39. The molecule has 0 aliphatic heterocycles. The van der Waals surface area contributed by atoms with Crippen LogP contribution in [0.3, 0.4) is 0 Å². The number of carbonyl (C=O) groups excluding carboxylic acids is 2. The number of fused-ring (bicyclic) bond motifs is 1. The molecule has 2 N–H and O–H groups in total. The van der Waals surface area contributed by atoms with E-state index in [2.05, 4.69) is 10.4 Å². The second-order valence-electron chi connectivity index (χ2n) is 7.32. The fourth-order valence-electron chi connectivity index (χ4n) is 3.10. The molecule has 3 aromatic rings. The minimum Gasteiger partial charge on any atom is -0.465 e. The molecule has 0 fully saturated rings. The molecule has 0 aliphatic carbocycles. The Morgan fingerprint density at radius 3 is 2.56 bits per heavy atom. The fourth-order valence-corrected chi connectivity index (χ4v) is 6.13. The monoisotopic (exact) mass is 474 g/mol. The molecule has 0 bridgehead atoms. The van der Waals surface area contributed by atoms with Crippen molar-refractivity contribution in [1.82, 2.24) is 10.4 Å². The van der Waals surface area contributed by atoms with Crippen molar-refractivity contribution in [2.24, 2.45) is 0 Å². The molecule has 0 radical (unpaired) electrons. The van der Waals surface area contributed by atoms with Crippen molar-refractivity contribution in [3.8, 4) is 5.75 Å². The van der Waals surface area contributed by atoms with Gasteiger partial charge in [0.15, 0.2) is 0 Å². The van der Waals surface area contributed by atoms with E-state index in [-0.39, 0.29) is 12.1 Å². The van der Waals surface area contributed by atoms with Gasteiger partial charge in [-0.15, -0.1) is 11.3 Å². The Bertz CT molecular complexity index is 1130. The quantitative estimate of drug-likeness (QED) is 0.319. The number of amides is 1. The maximum atomic E-state index is 13.8. The van der Waals surface area contributed by atoms with Crippen LogP contribution in [0.2, 0.25) is 0 Å². The molecule has 2 aromatic carbocycles. The first-order valence-corrected chi connectivity index (χ1v) is 13.0. The van der Waals surface area contributed by atoms with Crippen LogP contribution in [0, 0.1) is 0 Å². The molecule has 3 rings (SSSR count). The van der Waals surface area contributed by atoms with Crippen molar-refractivity contribution in [2.45, 2.75) is 32.5 Å². The molecule has 0 saturated heterocycles. The summed E-state index contributed by atoms with van der Waals surface area (Å²) in [6.07, 6.45) is 0.768. The highest BCUT2D eigenvalue weighted by molar-refractivity contribution is 7.56. The standard InChI is InChI=1S/C23H27N2O5PS/c1-4-12-29-23(27)16(2)25-31(28,30-19-8-6-5-7-9-19)15-17-10-11-20-18(13-17)14-21(32-20)22(26)24-3/h5-11,13-14,16H,4,12,15H2,1-3H3,(H,24,26)(H,25,28). The second-order valence-corrected chi connectivity index (χ2v) is 10.5. The van der Waals surface area contributed by atoms with E-state index in [1.165, 1.54) is 11.3 Å². The molecule has 1 amide bonds. The topological polar surface area (TPSA) is 93.7 Å². The van der Waals surface area contributed by atoms with E-state index in [4.69, 9.17) is 9.26 Å². The van der Waals surface area contributed by atoms with Gasteiger partial charge in [-0.25, -0.2) is 5.09 Å².